The lowest BCUT2D eigenvalue weighted by Gasteiger charge is -2.31. The number of methoxy groups -OCH3 is 2. The van der Waals surface area contributed by atoms with Gasteiger partial charge in [-0.15, -0.1) is 0 Å². The Morgan fingerprint density at radius 1 is 1.20 bits per heavy atom. The minimum atomic E-state index is -0.731. The van der Waals surface area contributed by atoms with Crippen LogP contribution in [0.25, 0.3) is 11.3 Å². The number of benzene rings is 2. The number of para-hydroxylation sites is 1. The summed E-state index contributed by atoms with van der Waals surface area (Å²) < 4.78 is 12.6. The first-order valence-corrected chi connectivity index (χ1v) is 10.4. The predicted octanol–water partition coefficient (Wildman–Crippen LogP) is 2.38. The van der Waals surface area contributed by atoms with Gasteiger partial charge in [0.15, 0.2) is 0 Å². The van der Waals surface area contributed by atoms with Gasteiger partial charge in [0.1, 0.15) is 11.5 Å². The molecule has 0 unspecified atom stereocenters. The van der Waals surface area contributed by atoms with E-state index in [1.165, 1.54) is 18.7 Å². The van der Waals surface area contributed by atoms with Crippen LogP contribution in [0.5, 0.6) is 11.5 Å². The van der Waals surface area contributed by atoms with Gasteiger partial charge in [-0.2, -0.15) is 0 Å². The van der Waals surface area contributed by atoms with Crippen molar-refractivity contribution >= 4 is 23.4 Å². The fourth-order valence-corrected chi connectivity index (χ4v) is 4.09. The van der Waals surface area contributed by atoms with Gasteiger partial charge in [0, 0.05) is 12.0 Å². The van der Waals surface area contributed by atoms with E-state index in [0.29, 0.717) is 39.2 Å². The standard InChI is InChI=1S/C21H20N4O4S/c1-12(26)24-16-8-6-5-7-14(16)18-19(27)22-21(30-4)23-25(18)20(24)15-11-13(28-2)9-10-17(15)29-3/h5-11,20H,1-4H3/p+1/t20-/m1/s1. The van der Waals surface area contributed by atoms with E-state index >= 15 is 0 Å². The van der Waals surface area contributed by atoms with Crippen molar-refractivity contribution in [2.45, 2.75) is 18.2 Å². The summed E-state index contributed by atoms with van der Waals surface area (Å²) in [5.41, 5.74) is 2.00. The summed E-state index contributed by atoms with van der Waals surface area (Å²) >= 11 is 1.31. The van der Waals surface area contributed by atoms with Gasteiger partial charge in [-0.3, -0.25) is 14.6 Å². The predicted molar refractivity (Wildman–Crippen MR) is 113 cm³/mol. The second-order valence-corrected chi connectivity index (χ2v) is 7.44. The van der Waals surface area contributed by atoms with Crippen LogP contribution in [0.15, 0.2) is 52.4 Å². The maximum atomic E-state index is 13.0. The molecule has 154 valence electrons. The summed E-state index contributed by atoms with van der Waals surface area (Å²) in [6.07, 6.45) is 1.09. The Bertz CT molecular complexity index is 1190. The molecule has 1 aliphatic rings. The molecule has 1 N–H and O–H groups in total. The summed E-state index contributed by atoms with van der Waals surface area (Å²) in [7, 11) is 3.13. The van der Waals surface area contributed by atoms with Crippen LogP contribution in [0.2, 0.25) is 0 Å². The topological polar surface area (TPSA) is 88.4 Å². The number of rotatable bonds is 4. The van der Waals surface area contributed by atoms with Gasteiger partial charge in [-0.05, 0) is 41.3 Å². The highest BCUT2D eigenvalue weighted by Gasteiger charge is 2.46. The molecule has 3 aromatic rings. The number of carbonyl (C=O) groups excluding carboxylic acids is 1. The second-order valence-electron chi connectivity index (χ2n) is 6.64. The zero-order valence-electron chi connectivity index (χ0n) is 17.0. The number of hydrogen-bond donors (Lipinski definition) is 1. The minimum Gasteiger partial charge on any atom is -0.497 e. The SMILES string of the molecule is COc1ccc(OC)c([C@@H]2N(C(C)=O)c3ccccc3-c3c(=O)[nH]c(SC)n[n+]32)c1. The third-order valence-corrected chi connectivity index (χ3v) is 5.58. The molecular formula is C21H21N4O4S+. The van der Waals surface area contributed by atoms with Crippen LogP contribution in [0.1, 0.15) is 18.7 Å². The van der Waals surface area contributed by atoms with Crippen LogP contribution >= 0.6 is 11.8 Å². The summed E-state index contributed by atoms with van der Waals surface area (Å²) in [5.74, 6) is 0.964. The third-order valence-electron chi connectivity index (χ3n) is 5.01. The molecule has 0 spiro atoms. The molecular weight excluding hydrogens is 404 g/mol. The van der Waals surface area contributed by atoms with Crippen LogP contribution in [-0.2, 0) is 4.79 Å². The number of nitrogens with one attached hydrogen (secondary N) is 1. The summed E-state index contributed by atoms with van der Waals surface area (Å²) in [6, 6.07) is 12.6. The Kier molecular flexibility index (Phi) is 5.21. The van der Waals surface area contributed by atoms with E-state index in [9.17, 15) is 9.59 Å². The van der Waals surface area contributed by atoms with Gasteiger partial charge in [-0.25, -0.2) is 4.90 Å². The summed E-state index contributed by atoms with van der Waals surface area (Å²) in [6.45, 7) is 1.49. The fourth-order valence-electron chi connectivity index (χ4n) is 3.73. The molecule has 9 heteroatoms. The van der Waals surface area contributed by atoms with E-state index in [1.54, 1.807) is 42.0 Å². The molecule has 8 nitrogen and oxygen atoms in total. The number of aromatic nitrogens is 3. The molecule has 1 atom stereocenters. The van der Waals surface area contributed by atoms with Crippen molar-refractivity contribution in [2.75, 3.05) is 25.4 Å². The molecule has 0 saturated carbocycles. The number of ether oxygens (including phenoxy) is 2. The van der Waals surface area contributed by atoms with E-state index < -0.39 is 6.17 Å². The number of carbonyl (C=O) groups is 1. The van der Waals surface area contributed by atoms with E-state index in [1.807, 2.05) is 30.5 Å². The number of H-pyrrole nitrogens is 1. The number of aromatic amines is 1. The zero-order valence-corrected chi connectivity index (χ0v) is 17.8. The highest BCUT2D eigenvalue weighted by atomic mass is 32.2. The molecule has 0 radical (unpaired) electrons. The number of fused-ring (bicyclic) bond motifs is 3. The normalized spacial score (nSPS) is 14.7. The average Bonchev–Trinajstić information content (AvgIpc) is 2.76. The molecule has 0 bridgehead atoms. The Hall–Kier alpha value is -3.33. The Labute approximate surface area is 177 Å². The molecule has 1 aliphatic heterocycles. The molecule has 1 amide bonds. The fraction of sp³-hybridized carbons (Fsp3) is 0.238. The van der Waals surface area contributed by atoms with Crippen LogP contribution in [0.4, 0.5) is 5.69 Å². The van der Waals surface area contributed by atoms with E-state index in [2.05, 4.69) is 10.1 Å². The van der Waals surface area contributed by atoms with Crippen molar-refractivity contribution in [2.24, 2.45) is 0 Å². The molecule has 0 fully saturated rings. The van der Waals surface area contributed by atoms with E-state index in [-0.39, 0.29) is 11.5 Å². The highest BCUT2D eigenvalue weighted by molar-refractivity contribution is 7.98. The largest absolute Gasteiger partial charge is 0.497 e. The Morgan fingerprint density at radius 2 is 1.97 bits per heavy atom. The van der Waals surface area contributed by atoms with E-state index in [0.717, 1.165) is 0 Å². The molecule has 4 rings (SSSR count). The van der Waals surface area contributed by atoms with Crippen molar-refractivity contribution in [1.29, 1.82) is 0 Å². The van der Waals surface area contributed by atoms with Gasteiger partial charge >= 0.3 is 11.3 Å². The molecule has 0 saturated heterocycles. The zero-order chi connectivity index (χ0) is 21.4. The lowest BCUT2D eigenvalue weighted by atomic mass is 10.0. The quantitative estimate of drug-likeness (QED) is 0.510. The van der Waals surface area contributed by atoms with Gasteiger partial charge in [0.2, 0.25) is 11.1 Å². The maximum Gasteiger partial charge on any atom is 0.325 e. The first-order valence-electron chi connectivity index (χ1n) is 9.21. The molecule has 2 heterocycles. The van der Waals surface area contributed by atoms with Crippen LogP contribution in [-0.4, -0.2) is 36.5 Å². The lowest BCUT2D eigenvalue weighted by Crippen LogP contribution is -2.60. The van der Waals surface area contributed by atoms with Gasteiger partial charge in [0.05, 0.1) is 31.0 Å². The number of nitrogens with zero attached hydrogens (tertiary/aromatic N) is 3. The summed E-state index contributed by atoms with van der Waals surface area (Å²) in [4.78, 5) is 30.3. The Balaban J connectivity index is 2.12. The van der Waals surface area contributed by atoms with Crippen molar-refractivity contribution in [3.8, 4) is 22.8 Å². The highest BCUT2D eigenvalue weighted by Crippen LogP contribution is 2.40. The lowest BCUT2D eigenvalue weighted by molar-refractivity contribution is -0.763. The first-order chi connectivity index (χ1) is 14.5. The number of hydrogen-bond acceptors (Lipinski definition) is 6. The maximum absolute atomic E-state index is 13.0. The third kappa shape index (κ3) is 3.11. The average molecular weight is 425 g/mol. The molecule has 1 aromatic heterocycles. The summed E-state index contributed by atoms with van der Waals surface area (Å²) in [5, 5.41) is 5.09. The number of thioether (sulfide) groups is 1. The van der Waals surface area contributed by atoms with Gasteiger partial charge in [0.25, 0.3) is 6.17 Å². The van der Waals surface area contributed by atoms with Crippen LogP contribution in [0.3, 0.4) is 0 Å². The molecule has 2 aromatic carbocycles. The van der Waals surface area contributed by atoms with Crippen molar-refractivity contribution < 1.29 is 19.0 Å². The number of anilines is 1. The van der Waals surface area contributed by atoms with Crippen LogP contribution in [0, 0.1) is 0 Å². The smallest absolute Gasteiger partial charge is 0.325 e. The van der Waals surface area contributed by atoms with Crippen molar-refractivity contribution in [3.63, 3.8) is 0 Å². The van der Waals surface area contributed by atoms with Crippen molar-refractivity contribution in [3.05, 3.63) is 58.4 Å². The first kappa shape index (κ1) is 20.0. The van der Waals surface area contributed by atoms with Crippen molar-refractivity contribution in [1.82, 2.24) is 10.1 Å². The van der Waals surface area contributed by atoms with Gasteiger partial charge in [-0.1, -0.05) is 23.9 Å². The monoisotopic (exact) mass is 425 g/mol. The second kappa shape index (κ2) is 7.83. The minimum absolute atomic E-state index is 0.191. The molecule has 0 aliphatic carbocycles. The number of amides is 1. The van der Waals surface area contributed by atoms with Gasteiger partial charge < -0.3 is 9.47 Å². The van der Waals surface area contributed by atoms with Crippen LogP contribution < -0.4 is 24.6 Å². The Morgan fingerprint density at radius 3 is 2.63 bits per heavy atom. The van der Waals surface area contributed by atoms with E-state index in [4.69, 9.17) is 9.47 Å². The molecule has 30 heavy (non-hydrogen) atoms.